The number of carbonyl (C=O) groups excluding carboxylic acids is 2. The van der Waals surface area contributed by atoms with Gasteiger partial charge in [-0.1, -0.05) is 22.0 Å². The molecule has 1 aliphatic carbocycles. The number of benzene rings is 2. The number of anilines is 2. The van der Waals surface area contributed by atoms with Gasteiger partial charge in [-0.3, -0.25) is 14.9 Å². The number of carbonyl (C=O) groups is 2. The molecule has 0 radical (unpaired) electrons. The summed E-state index contributed by atoms with van der Waals surface area (Å²) in [6, 6.07) is 10.7. The van der Waals surface area contributed by atoms with Gasteiger partial charge >= 0.3 is 0 Å². The van der Waals surface area contributed by atoms with Crippen molar-refractivity contribution in [1.82, 2.24) is 5.32 Å². The van der Waals surface area contributed by atoms with Crippen molar-refractivity contribution in [3.05, 3.63) is 52.0 Å². The van der Waals surface area contributed by atoms with Gasteiger partial charge in [0.15, 0.2) is 5.11 Å². The molecule has 0 heterocycles. The molecule has 3 rings (SSSR count). The Morgan fingerprint density at radius 3 is 2.61 bits per heavy atom. The minimum absolute atomic E-state index is 0.0341. The fourth-order valence-electron chi connectivity index (χ4n) is 2.79. The van der Waals surface area contributed by atoms with E-state index in [1.165, 1.54) is 0 Å². The summed E-state index contributed by atoms with van der Waals surface area (Å²) in [5, 5.41) is 8.74. The third-order valence-corrected chi connectivity index (χ3v) is 5.36. The van der Waals surface area contributed by atoms with Crippen molar-refractivity contribution in [3.63, 3.8) is 0 Å². The van der Waals surface area contributed by atoms with E-state index in [9.17, 15) is 9.59 Å². The third-order valence-electron chi connectivity index (χ3n) is 4.66. The summed E-state index contributed by atoms with van der Waals surface area (Å²) < 4.78 is 11.4. The maximum absolute atomic E-state index is 12.8. The summed E-state index contributed by atoms with van der Waals surface area (Å²) in [4.78, 5) is 24.9. The Morgan fingerprint density at radius 2 is 1.90 bits per heavy atom. The second kappa shape index (κ2) is 10.7. The molecular weight excluding hydrogens is 482 g/mol. The van der Waals surface area contributed by atoms with E-state index in [0.29, 0.717) is 30.2 Å². The van der Waals surface area contributed by atoms with Gasteiger partial charge in [0.2, 0.25) is 5.91 Å². The Labute approximate surface area is 195 Å². The van der Waals surface area contributed by atoms with E-state index in [4.69, 9.17) is 21.7 Å². The van der Waals surface area contributed by atoms with E-state index in [1.54, 1.807) is 31.4 Å². The number of methoxy groups -OCH3 is 1. The van der Waals surface area contributed by atoms with Gasteiger partial charge in [-0.2, -0.15) is 0 Å². The van der Waals surface area contributed by atoms with E-state index in [-0.39, 0.29) is 16.9 Å². The summed E-state index contributed by atoms with van der Waals surface area (Å²) >= 11 is 8.68. The maximum atomic E-state index is 12.8. The van der Waals surface area contributed by atoms with Gasteiger partial charge in [-0.15, -0.1) is 0 Å². The van der Waals surface area contributed by atoms with Crippen LogP contribution in [-0.2, 0) is 9.53 Å². The van der Waals surface area contributed by atoms with Crippen LogP contribution < -0.4 is 20.7 Å². The second-order valence-corrected chi connectivity index (χ2v) is 8.51. The van der Waals surface area contributed by atoms with Gasteiger partial charge < -0.3 is 20.1 Å². The Balaban J connectivity index is 1.65. The van der Waals surface area contributed by atoms with Gasteiger partial charge in [0, 0.05) is 28.9 Å². The summed E-state index contributed by atoms with van der Waals surface area (Å²) in [5.74, 6) is 0.176. The average molecular weight is 506 g/mol. The monoisotopic (exact) mass is 505 g/mol. The lowest BCUT2D eigenvalue weighted by atomic mass is 10.1. The van der Waals surface area contributed by atoms with Crippen molar-refractivity contribution >= 4 is 56.4 Å². The van der Waals surface area contributed by atoms with Crippen LogP contribution in [-0.4, -0.2) is 37.3 Å². The molecule has 2 amide bonds. The van der Waals surface area contributed by atoms with Crippen molar-refractivity contribution in [2.75, 3.05) is 31.0 Å². The Hall–Kier alpha value is -2.49. The zero-order valence-electron chi connectivity index (χ0n) is 17.3. The fourth-order valence-corrected chi connectivity index (χ4v) is 3.36. The van der Waals surface area contributed by atoms with E-state index in [2.05, 4.69) is 31.9 Å². The van der Waals surface area contributed by atoms with Crippen molar-refractivity contribution < 1.29 is 19.1 Å². The standard InChI is InChI=1S/C22H24BrN3O4S/c1-13-3-7-16(12-18(13)25-20(27)14-4-5-14)24-22(31)26-21(28)17-11-15(23)6-8-19(17)30-10-9-29-2/h3,6-8,11-12,14H,4-5,9-10H2,1-2H3,(H,25,27)(H2,24,26,28,31). The molecule has 2 aromatic rings. The van der Waals surface area contributed by atoms with Crippen LogP contribution in [0.15, 0.2) is 40.9 Å². The topological polar surface area (TPSA) is 88.7 Å². The number of rotatable bonds is 8. The molecule has 164 valence electrons. The van der Waals surface area contributed by atoms with Crippen molar-refractivity contribution in [3.8, 4) is 5.75 Å². The normalized spacial score (nSPS) is 12.7. The van der Waals surface area contributed by atoms with Gasteiger partial charge in [0.1, 0.15) is 12.4 Å². The minimum atomic E-state index is -0.402. The third kappa shape index (κ3) is 6.75. The predicted octanol–water partition coefficient (Wildman–Crippen LogP) is 4.26. The highest BCUT2D eigenvalue weighted by molar-refractivity contribution is 9.10. The number of nitrogens with one attached hydrogen (secondary N) is 3. The molecule has 0 spiro atoms. The molecule has 1 saturated carbocycles. The molecule has 0 atom stereocenters. The second-order valence-electron chi connectivity index (χ2n) is 7.18. The quantitative estimate of drug-likeness (QED) is 0.367. The Bertz CT molecular complexity index is 995. The molecule has 2 aromatic carbocycles. The molecule has 0 bridgehead atoms. The lowest BCUT2D eigenvalue weighted by molar-refractivity contribution is -0.117. The molecule has 7 nitrogen and oxygen atoms in total. The summed E-state index contributed by atoms with van der Waals surface area (Å²) in [6.45, 7) is 2.65. The molecule has 3 N–H and O–H groups in total. The molecule has 0 unspecified atom stereocenters. The molecule has 1 aliphatic rings. The smallest absolute Gasteiger partial charge is 0.261 e. The highest BCUT2D eigenvalue weighted by atomic mass is 79.9. The van der Waals surface area contributed by atoms with E-state index >= 15 is 0 Å². The van der Waals surface area contributed by atoms with Gasteiger partial charge in [0.25, 0.3) is 5.91 Å². The molecule has 0 saturated heterocycles. The average Bonchev–Trinajstić information content (AvgIpc) is 3.57. The van der Waals surface area contributed by atoms with E-state index < -0.39 is 5.91 Å². The van der Waals surface area contributed by atoms with Crippen LogP contribution >= 0.6 is 28.1 Å². The van der Waals surface area contributed by atoms with E-state index in [1.807, 2.05) is 19.1 Å². The fraction of sp³-hybridized carbons (Fsp3) is 0.318. The maximum Gasteiger partial charge on any atom is 0.261 e. The number of hydrogen-bond acceptors (Lipinski definition) is 5. The predicted molar refractivity (Wildman–Crippen MR) is 128 cm³/mol. The van der Waals surface area contributed by atoms with Crippen LogP contribution in [0.4, 0.5) is 11.4 Å². The minimum Gasteiger partial charge on any atom is -0.490 e. The van der Waals surface area contributed by atoms with Crippen LogP contribution in [0.3, 0.4) is 0 Å². The SMILES string of the molecule is COCCOc1ccc(Br)cc1C(=O)NC(=S)Nc1ccc(C)c(NC(=O)C2CC2)c1. The van der Waals surface area contributed by atoms with Crippen LogP contribution in [0, 0.1) is 12.8 Å². The highest BCUT2D eigenvalue weighted by Crippen LogP contribution is 2.31. The molecule has 0 aliphatic heterocycles. The molecular formula is C22H24BrN3O4S. The summed E-state index contributed by atoms with van der Waals surface area (Å²) in [6.07, 6.45) is 1.87. The first-order chi connectivity index (χ1) is 14.9. The number of thiocarbonyl (C=S) groups is 1. The number of aryl methyl sites for hydroxylation is 1. The Kier molecular flexibility index (Phi) is 8.00. The van der Waals surface area contributed by atoms with Crippen LogP contribution in [0.25, 0.3) is 0 Å². The lowest BCUT2D eigenvalue weighted by Crippen LogP contribution is -2.34. The van der Waals surface area contributed by atoms with Crippen molar-refractivity contribution in [1.29, 1.82) is 0 Å². The lowest BCUT2D eigenvalue weighted by Gasteiger charge is -2.15. The number of ether oxygens (including phenoxy) is 2. The number of amides is 2. The molecule has 31 heavy (non-hydrogen) atoms. The van der Waals surface area contributed by atoms with Crippen LogP contribution in [0.1, 0.15) is 28.8 Å². The van der Waals surface area contributed by atoms with Crippen molar-refractivity contribution in [2.24, 2.45) is 5.92 Å². The Morgan fingerprint density at radius 1 is 1.13 bits per heavy atom. The van der Waals surface area contributed by atoms with Gasteiger partial charge in [-0.05, 0) is 67.9 Å². The van der Waals surface area contributed by atoms with E-state index in [0.717, 1.165) is 28.6 Å². The zero-order valence-corrected chi connectivity index (χ0v) is 19.7. The summed E-state index contributed by atoms with van der Waals surface area (Å²) in [5.41, 5.74) is 2.67. The summed E-state index contributed by atoms with van der Waals surface area (Å²) in [7, 11) is 1.58. The van der Waals surface area contributed by atoms with Crippen molar-refractivity contribution in [2.45, 2.75) is 19.8 Å². The highest BCUT2D eigenvalue weighted by Gasteiger charge is 2.29. The van der Waals surface area contributed by atoms with Crippen LogP contribution in [0.2, 0.25) is 0 Å². The van der Waals surface area contributed by atoms with Gasteiger partial charge in [-0.25, -0.2) is 0 Å². The van der Waals surface area contributed by atoms with Crippen LogP contribution in [0.5, 0.6) is 5.75 Å². The van der Waals surface area contributed by atoms with Gasteiger partial charge in [0.05, 0.1) is 12.2 Å². The molecule has 0 aromatic heterocycles. The zero-order chi connectivity index (χ0) is 22.4. The number of hydrogen-bond donors (Lipinski definition) is 3. The first-order valence-corrected chi connectivity index (χ1v) is 11.0. The number of halogens is 1. The first-order valence-electron chi connectivity index (χ1n) is 9.82. The molecule has 9 heteroatoms. The largest absolute Gasteiger partial charge is 0.490 e. The first kappa shape index (κ1) is 23.2. The molecule has 1 fully saturated rings.